The molecule has 0 aliphatic heterocycles. The van der Waals surface area contributed by atoms with Crippen molar-refractivity contribution >= 4 is 9.84 Å². The molecule has 0 fully saturated rings. The van der Waals surface area contributed by atoms with E-state index >= 15 is 0 Å². The highest BCUT2D eigenvalue weighted by Gasteiger charge is 2.14. The molecular weight excluding hydrogens is 334 g/mol. The minimum absolute atomic E-state index is 0.336. The SMILES string of the molecule is CS(=O)(=O)c1ccccc1Cc1nccn1Cc1ccc(C#N)cc1. The van der Waals surface area contributed by atoms with Gasteiger partial charge < -0.3 is 4.57 Å². The van der Waals surface area contributed by atoms with Gasteiger partial charge in [0.2, 0.25) is 0 Å². The second-order valence-corrected chi connectivity index (χ2v) is 7.82. The van der Waals surface area contributed by atoms with Crippen LogP contribution in [-0.2, 0) is 22.8 Å². The highest BCUT2D eigenvalue weighted by molar-refractivity contribution is 7.90. The molecule has 1 heterocycles. The van der Waals surface area contributed by atoms with Crippen molar-refractivity contribution in [3.05, 3.63) is 83.4 Å². The van der Waals surface area contributed by atoms with Gasteiger partial charge in [0.25, 0.3) is 0 Å². The zero-order valence-corrected chi connectivity index (χ0v) is 14.6. The Hall–Kier alpha value is -2.91. The van der Waals surface area contributed by atoms with Crippen LogP contribution in [-0.4, -0.2) is 24.2 Å². The third kappa shape index (κ3) is 3.95. The molecule has 0 bridgehead atoms. The van der Waals surface area contributed by atoms with Crippen molar-refractivity contribution in [1.29, 1.82) is 5.26 Å². The molecule has 6 heteroatoms. The number of sulfone groups is 1. The van der Waals surface area contributed by atoms with Gasteiger partial charge in [0.05, 0.1) is 16.5 Å². The van der Waals surface area contributed by atoms with E-state index in [-0.39, 0.29) is 0 Å². The van der Waals surface area contributed by atoms with E-state index in [1.807, 2.05) is 35.0 Å². The van der Waals surface area contributed by atoms with Gasteiger partial charge in [-0.2, -0.15) is 5.26 Å². The Morgan fingerprint density at radius 1 is 1.12 bits per heavy atom. The number of rotatable bonds is 5. The minimum Gasteiger partial charge on any atom is -0.330 e. The van der Waals surface area contributed by atoms with Crippen LogP contribution in [0.1, 0.15) is 22.5 Å². The van der Waals surface area contributed by atoms with Crippen LogP contribution >= 0.6 is 0 Å². The molecule has 5 nitrogen and oxygen atoms in total. The average molecular weight is 351 g/mol. The Bertz CT molecular complexity index is 1030. The van der Waals surface area contributed by atoms with Gasteiger partial charge in [-0.25, -0.2) is 13.4 Å². The molecule has 25 heavy (non-hydrogen) atoms. The average Bonchev–Trinajstić information content (AvgIpc) is 3.02. The van der Waals surface area contributed by atoms with Gasteiger partial charge in [0.1, 0.15) is 5.82 Å². The van der Waals surface area contributed by atoms with E-state index in [2.05, 4.69) is 11.1 Å². The second kappa shape index (κ2) is 6.91. The molecule has 3 rings (SSSR count). The Kier molecular flexibility index (Phi) is 4.68. The lowest BCUT2D eigenvalue weighted by Crippen LogP contribution is -2.08. The lowest BCUT2D eigenvalue weighted by atomic mass is 10.1. The minimum atomic E-state index is -3.28. The number of benzene rings is 2. The monoisotopic (exact) mass is 351 g/mol. The topological polar surface area (TPSA) is 75.8 Å². The van der Waals surface area contributed by atoms with Crippen molar-refractivity contribution in [3.63, 3.8) is 0 Å². The fourth-order valence-corrected chi connectivity index (χ4v) is 3.66. The van der Waals surface area contributed by atoms with Crippen LogP contribution in [0, 0.1) is 11.3 Å². The van der Waals surface area contributed by atoms with Gasteiger partial charge in [-0.3, -0.25) is 0 Å². The Morgan fingerprint density at radius 3 is 2.52 bits per heavy atom. The van der Waals surface area contributed by atoms with Crippen LogP contribution in [0.25, 0.3) is 0 Å². The highest BCUT2D eigenvalue weighted by Crippen LogP contribution is 2.19. The molecule has 3 aromatic rings. The van der Waals surface area contributed by atoms with Crippen molar-refractivity contribution in [2.45, 2.75) is 17.9 Å². The summed E-state index contributed by atoms with van der Waals surface area (Å²) in [6.07, 6.45) is 5.24. The number of imidazole rings is 1. The third-order valence-corrected chi connectivity index (χ3v) is 5.16. The second-order valence-electron chi connectivity index (χ2n) is 5.84. The predicted octanol–water partition coefficient (Wildman–Crippen LogP) is 2.80. The van der Waals surface area contributed by atoms with Crippen molar-refractivity contribution in [3.8, 4) is 6.07 Å². The quantitative estimate of drug-likeness (QED) is 0.708. The van der Waals surface area contributed by atoms with E-state index in [0.717, 1.165) is 17.0 Å². The van der Waals surface area contributed by atoms with Gasteiger partial charge in [-0.15, -0.1) is 0 Å². The molecule has 0 aliphatic carbocycles. The molecule has 2 aromatic carbocycles. The first-order chi connectivity index (χ1) is 12.0. The normalized spacial score (nSPS) is 11.2. The molecule has 1 aromatic heterocycles. The standard InChI is InChI=1S/C19H17N3O2S/c1-25(23,24)18-5-3-2-4-17(18)12-19-21-10-11-22(19)14-16-8-6-15(13-20)7-9-16/h2-11H,12,14H2,1H3. The van der Waals surface area contributed by atoms with Gasteiger partial charge in [0, 0.05) is 31.6 Å². The third-order valence-electron chi connectivity index (χ3n) is 3.96. The van der Waals surface area contributed by atoms with Crippen molar-refractivity contribution in [2.75, 3.05) is 6.26 Å². The van der Waals surface area contributed by atoms with E-state index in [4.69, 9.17) is 5.26 Å². The number of hydrogen-bond donors (Lipinski definition) is 0. The Labute approximate surface area is 147 Å². The first-order valence-corrected chi connectivity index (χ1v) is 9.63. The summed E-state index contributed by atoms with van der Waals surface area (Å²) < 4.78 is 25.9. The van der Waals surface area contributed by atoms with Crippen LogP contribution < -0.4 is 0 Å². The molecule has 0 radical (unpaired) electrons. The van der Waals surface area contributed by atoms with Gasteiger partial charge >= 0.3 is 0 Å². The van der Waals surface area contributed by atoms with Gasteiger partial charge in [-0.1, -0.05) is 30.3 Å². The molecule has 0 amide bonds. The summed E-state index contributed by atoms with van der Waals surface area (Å²) in [6, 6.07) is 16.5. The summed E-state index contributed by atoms with van der Waals surface area (Å²) in [5.41, 5.74) is 2.41. The first kappa shape index (κ1) is 16.9. The molecule has 0 spiro atoms. The zero-order valence-electron chi connectivity index (χ0n) is 13.8. The summed E-state index contributed by atoms with van der Waals surface area (Å²) in [4.78, 5) is 4.72. The summed E-state index contributed by atoms with van der Waals surface area (Å²) in [6.45, 7) is 0.613. The molecule has 0 aliphatic rings. The van der Waals surface area contributed by atoms with Crippen molar-refractivity contribution < 1.29 is 8.42 Å². The predicted molar refractivity (Wildman–Crippen MR) is 94.8 cm³/mol. The van der Waals surface area contributed by atoms with Crippen LogP contribution in [0.5, 0.6) is 0 Å². The lowest BCUT2D eigenvalue weighted by Gasteiger charge is -2.11. The van der Waals surface area contributed by atoms with E-state index < -0.39 is 9.84 Å². The summed E-state index contributed by atoms with van der Waals surface area (Å²) in [5, 5.41) is 8.87. The molecular formula is C19H17N3O2S. The molecule has 0 atom stereocenters. The summed E-state index contributed by atoms with van der Waals surface area (Å²) in [5.74, 6) is 0.792. The molecule has 126 valence electrons. The van der Waals surface area contributed by atoms with E-state index in [9.17, 15) is 8.42 Å². The Morgan fingerprint density at radius 2 is 1.84 bits per heavy atom. The van der Waals surface area contributed by atoms with Crippen LogP contribution in [0.3, 0.4) is 0 Å². The van der Waals surface area contributed by atoms with Crippen LogP contribution in [0.15, 0.2) is 65.8 Å². The van der Waals surface area contributed by atoms with E-state index in [0.29, 0.717) is 23.4 Å². The number of aromatic nitrogens is 2. The molecule has 0 saturated heterocycles. The van der Waals surface area contributed by atoms with Crippen LogP contribution in [0.2, 0.25) is 0 Å². The maximum atomic E-state index is 12.0. The van der Waals surface area contributed by atoms with E-state index in [1.54, 1.807) is 30.5 Å². The van der Waals surface area contributed by atoms with Crippen molar-refractivity contribution in [1.82, 2.24) is 9.55 Å². The van der Waals surface area contributed by atoms with E-state index in [1.165, 1.54) is 6.26 Å². The largest absolute Gasteiger partial charge is 0.330 e. The molecule has 0 unspecified atom stereocenters. The fourth-order valence-electron chi connectivity index (χ4n) is 2.71. The summed E-state index contributed by atoms with van der Waals surface area (Å²) in [7, 11) is -3.28. The Balaban J connectivity index is 1.87. The number of nitrogens with zero attached hydrogens (tertiary/aromatic N) is 3. The first-order valence-electron chi connectivity index (χ1n) is 7.74. The lowest BCUT2D eigenvalue weighted by molar-refractivity contribution is 0.600. The van der Waals surface area contributed by atoms with Gasteiger partial charge in [-0.05, 0) is 29.3 Å². The molecule has 0 N–H and O–H groups in total. The molecule has 0 saturated carbocycles. The fraction of sp³-hybridized carbons (Fsp3) is 0.158. The number of nitriles is 1. The van der Waals surface area contributed by atoms with Crippen molar-refractivity contribution in [2.24, 2.45) is 0 Å². The zero-order chi connectivity index (χ0) is 17.9. The smallest absolute Gasteiger partial charge is 0.175 e. The maximum Gasteiger partial charge on any atom is 0.175 e. The maximum absolute atomic E-state index is 12.0. The van der Waals surface area contributed by atoms with Gasteiger partial charge in [0.15, 0.2) is 9.84 Å². The number of hydrogen-bond acceptors (Lipinski definition) is 4. The van der Waals surface area contributed by atoms with Crippen LogP contribution in [0.4, 0.5) is 0 Å². The summed E-state index contributed by atoms with van der Waals surface area (Å²) >= 11 is 0. The highest BCUT2D eigenvalue weighted by atomic mass is 32.2.